The third kappa shape index (κ3) is 5.02. The molecule has 0 aliphatic rings. The molecule has 0 spiro atoms. The first-order valence-electron chi connectivity index (χ1n) is 7.96. The molecule has 2 aromatic rings. The van der Waals surface area contributed by atoms with Gasteiger partial charge in [0.25, 0.3) is 0 Å². The number of carbonyl (C=O) groups excluding carboxylic acids is 1. The fourth-order valence-electron chi connectivity index (χ4n) is 2.41. The average molecular weight is 420 g/mol. The van der Waals surface area contributed by atoms with Crippen molar-refractivity contribution < 1.29 is 19.0 Å². The number of amides is 1. The second-order valence-electron chi connectivity index (χ2n) is 5.60. The van der Waals surface area contributed by atoms with Gasteiger partial charge in [-0.3, -0.25) is 4.79 Å². The zero-order chi connectivity index (χ0) is 19.1. The van der Waals surface area contributed by atoms with Gasteiger partial charge < -0.3 is 19.1 Å². The number of nitrogens with zero attached hydrogens (tertiary/aromatic N) is 1. The van der Waals surface area contributed by atoms with Crippen LogP contribution in [0.15, 0.2) is 46.9 Å². The van der Waals surface area contributed by atoms with E-state index in [9.17, 15) is 4.79 Å². The minimum absolute atomic E-state index is 0.107. The zero-order valence-electron chi connectivity index (χ0n) is 15.3. The van der Waals surface area contributed by atoms with Gasteiger partial charge in [-0.1, -0.05) is 28.1 Å². The van der Waals surface area contributed by atoms with Crippen molar-refractivity contribution in [3.63, 3.8) is 0 Å². The maximum Gasteiger partial charge on any atom is 0.246 e. The van der Waals surface area contributed by atoms with E-state index in [-0.39, 0.29) is 5.91 Å². The van der Waals surface area contributed by atoms with Crippen LogP contribution in [0, 0.1) is 0 Å². The highest BCUT2D eigenvalue weighted by atomic mass is 79.9. The summed E-state index contributed by atoms with van der Waals surface area (Å²) < 4.78 is 17.0. The minimum Gasteiger partial charge on any atom is -0.496 e. The molecule has 0 saturated heterocycles. The standard InChI is InChI=1S/C20H22BrNO4/c1-22(13-14-5-8-16(21)9-6-14)20(23)10-7-15-11-18(25-3)19(26-4)12-17(15)24-2/h5-12H,13H2,1-4H3/b10-7+. The molecule has 0 atom stereocenters. The summed E-state index contributed by atoms with van der Waals surface area (Å²) in [5.74, 6) is 1.64. The zero-order valence-corrected chi connectivity index (χ0v) is 16.9. The molecule has 0 aliphatic carbocycles. The molecule has 2 rings (SSSR count). The maximum absolute atomic E-state index is 12.4. The largest absolute Gasteiger partial charge is 0.496 e. The number of halogens is 1. The lowest BCUT2D eigenvalue weighted by Crippen LogP contribution is -2.24. The molecule has 0 aliphatic heterocycles. The van der Waals surface area contributed by atoms with Crippen LogP contribution in [0.25, 0.3) is 6.08 Å². The summed E-state index contributed by atoms with van der Waals surface area (Å²) in [7, 11) is 6.46. The van der Waals surface area contributed by atoms with Gasteiger partial charge in [0.1, 0.15) is 5.75 Å². The van der Waals surface area contributed by atoms with Crippen LogP contribution in [-0.4, -0.2) is 39.2 Å². The summed E-state index contributed by atoms with van der Waals surface area (Å²) >= 11 is 3.40. The average Bonchev–Trinajstić information content (AvgIpc) is 2.66. The quantitative estimate of drug-likeness (QED) is 0.632. The van der Waals surface area contributed by atoms with E-state index in [1.54, 1.807) is 51.5 Å². The molecule has 0 aromatic heterocycles. The molecule has 1 amide bonds. The van der Waals surface area contributed by atoms with Gasteiger partial charge in [0.15, 0.2) is 11.5 Å². The fourth-order valence-corrected chi connectivity index (χ4v) is 2.68. The number of carbonyl (C=O) groups is 1. The number of likely N-dealkylation sites (N-methyl/N-ethyl adjacent to an activating group) is 1. The van der Waals surface area contributed by atoms with E-state index in [2.05, 4.69) is 15.9 Å². The molecule has 0 fully saturated rings. The highest BCUT2D eigenvalue weighted by Crippen LogP contribution is 2.35. The molecule has 0 bridgehead atoms. The van der Waals surface area contributed by atoms with Crippen molar-refractivity contribution in [1.82, 2.24) is 4.90 Å². The van der Waals surface area contributed by atoms with Crippen molar-refractivity contribution >= 4 is 27.9 Å². The van der Waals surface area contributed by atoms with Crippen molar-refractivity contribution in [1.29, 1.82) is 0 Å². The number of rotatable bonds is 7. The molecular weight excluding hydrogens is 398 g/mol. The highest BCUT2D eigenvalue weighted by molar-refractivity contribution is 9.10. The first kappa shape index (κ1) is 19.8. The minimum atomic E-state index is -0.107. The van der Waals surface area contributed by atoms with Crippen LogP contribution in [0.1, 0.15) is 11.1 Å². The van der Waals surface area contributed by atoms with Crippen molar-refractivity contribution in [2.75, 3.05) is 28.4 Å². The number of hydrogen-bond acceptors (Lipinski definition) is 4. The van der Waals surface area contributed by atoms with Crippen LogP contribution >= 0.6 is 15.9 Å². The van der Waals surface area contributed by atoms with Gasteiger partial charge in [0.05, 0.1) is 21.3 Å². The molecule has 0 unspecified atom stereocenters. The van der Waals surface area contributed by atoms with E-state index in [0.717, 1.165) is 15.6 Å². The van der Waals surface area contributed by atoms with Crippen molar-refractivity contribution in [2.24, 2.45) is 0 Å². The Morgan fingerprint density at radius 2 is 1.58 bits per heavy atom. The lowest BCUT2D eigenvalue weighted by atomic mass is 10.1. The molecule has 0 heterocycles. The van der Waals surface area contributed by atoms with Gasteiger partial charge in [-0.25, -0.2) is 0 Å². The van der Waals surface area contributed by atoms with Gasteiger partial charge >= 0.3 is 0 Å². The Balaban J connectivity index is 2.14. The van der Waals surface area contributed by atoms with E-state index < -0.39 is 0 Å². The molecule has 0 saturated carbocycles. The third-order valence-electron chi connectivity index (χ3n) is 3.85. The molecule has 5 nitrogen and oxygen atoms in total. The van der Waals surface area contributed by atoms with Crippen molar-refractivity contribution in [2.45, 2.75) is 6.54 Å². The number of ether oxygens (including phenoxy) is 3. The third-order valence-corrected chi connectivity index (χ3v) is 4.38. The van der Waals surface area contributed by atoms with E-state index >= 15 is 0 Å². The van der Waals surface area contributed by atoms with Gasteiger partial charge in [-0.2, -0.15) is 0 Å². The lowest BCUT2D eigenvalue weighted by molar-refractivity contribution is -0.125. The Hall–Kier alpha value is -2.47. The second-order valence-corrected chi connectivity index (χ2v) is 6.52. The fraction of sp³-hybridized carbons (Fsp3) is 0.250. The monoisotopic (exact) mass is 419 g/mol. The van der Waals surface area contributed by atoms with Crippen molar-refractivity contribution in [3.05, 3.63) is 58.1 Å². The first-order chi connectivity index (χ1) is 12.5. The number of hydrogen-bond donors (Lipinski definition) is 0. The Labute approximate surface area is 162 Å². The van der Waals surface area contributed by atoms with Gasteiger partial charge in [-0.15, -0.1) is 0 Å². The molecule has 26 heavy (non-hydrogen) atoms. The number of methoxy groups -OCH3 is 3. The Morgan fingerprint density at radius 3 is 2.15 bits per heavy atom. The number of benzene rings is 2. The van der Waals surface area contributed by atoms with E-state index in [1.165, 1.54) is 6.08 Å². The predicted molar refractivity (Wildman–Crippen MR) is 106 cm³/mol. The summed E-state index contributed by atoms with van der Waals surface area (Å²) in [5, 5.41) is 0. The van der Waals surface area contributed by atoms with Crippen LogP contribution < -0.4 is 14.2 Å². The van der Waals surface area contributed by atoms with Crippen LogP contribution in [0.4, 0.5) is 0 Å². The molecular formula is C20H22BrNO4. The molecule has 138 valence electrons. The van der Waals surface area contributed by atoms with E-state index in [4.69, 9.17) is 14.2 Å². The first-order valence-corrected chi connectivity index (χ1v) is 8.75. The molecule has 6 heteroatoms. The van der Waals surface area contributed by atoms with Crippen LogP contribution in [-0.2, 0) is 11.3 Å². The Kier molecular flexibility index (Phi) is 7.09. The van der Waals surface area contributed by atoms with E-state index in [1.807, 2.05) is 24.3 Å². The van der Waals surface area contributed by atoms with Crippen LogP contribution in [0.5, 0.6) is 17.2 Å². The normalized spacial score (nSPS) is 10.7. The van der Waals surface area contributed by atoms with Crippen LogP contribution in [0.2, 0.25) is 0 Å². The topological polar surface area (TPSA) is 48.0 Å². The van der Waals surface area contributed by atoms with Gasteiger partial charge in [-0.05, 0) is 29.8 Å². The SMILES string of the molecule is COc1cc(OC)c(OC)cc1/C=C/C(=O)N(C)Cc1ccc(Br)cc1. The summed E-state index contributed by atoms with van der Waals surface area (Å²) in [6, 6.07) is 11.4. The summed E-state index contributed by atoms with van der Waals surface area (Å²) in [6.07, 6.45) is 3.23. The summed E-state index contributed by atoms with van der Waals surface area (Å²) in [6.45, 7) is 0.527. The predicted octanol–water partition coefficient (Wildman–Crippen LogP) is 4.15. The molecule has 0 N–H and O–H groups in total. The van der Waals surface area contributed by atoms with Crippen LogP contribution in [0.3, 0.4) is 0 Å². The lowest BCUT2D eigenvalue weighted by Gasteiger charge is -2.15. The summed E-state index contributed by atoms with van der Waals surface area (Å²) in [4.78, 5) is 14.0. The molecule has 2 aromatic carbocycles. The highest BCUT2D eigenvalue weighted by Gasteiger charge is 2.11. The molecule has 0 radical (unpaired) electrons. The Bertz CT molecular complexity index is 787. The second kappa shape index (κ2) is 9.29. The summed E-state index contributed by atoms with van der Waals surface area (Å²) in [5.41, 5.74) is 1.79. The smallest absolute Gasteiger partial charge is 0.246 e. The van der Waals surface area contributed by atoms with E-state index in [0.29, 0.717) is 23.8 Å². The Morgan fingerprint density at radius 1 is 1.00 bits per heavy atom. The van der Waals surface area contributed by atoms with Gasteiger partial charge in [0.2, 0.25) is 5.91 Å². The van der Waals surface area contributed by atoms with Gasteiger partial charge in [0, 0.05) is 35.8 Å². The maximum atomic E-state index is 12.4. The van der Waals surface area contributed by atoms with Crippen molar-refractivity contribution in [3.8, 4) is 17.2 Å².